The topological polar surface area (TPSA) is 71.8 Å². The lowest BCUT2D eigenvalue weighted by atomic mass is 9.95. The van der Waals surface area contributed by atoms with Gasteiger partial charge in [-0.05, 0) is 43.7 Å². The Morgan fingerprint density at radius 1 is 1.11 bits per heavy atom. The normalized spacial score (nSPS) is 15.9. The molecule has 0 unspecified atom stereocenters. The number of aromatic nitrogens is 3. The molecule has 3 aromatic rings. The van der Waals surface area contributed by atoms with Crippen LogP contribution in [0.2, 0.25) is 5.02 Å². The Labute approximate surface area is 161 Å². The maximum atomic E-state index is 13.1. The maximum Gasteiger partial charge on any atom is 0.255 e. The fourth-order valence-corrected chi connectivity index (χ4v) is 3.35. The quantitative estimate of drug-likeness (QED) is 0.716. The van der Waals surface area contributed by atoms with Crippen molar-refractivity contribution in [3.63, 3.8) is 0 Å². The van der Waals surface area contributed by atoms with Gasteiger partial charge in [-0.2, -0.15) is 10.1 Å². The lowest BCUT2D eigenvalue weighted by Gasteiger charge is -2.28. The van der Waals surface area contributed by atoms with Crippen LogP contribution in [-0.4, -0.2) is 20.7 Å². The first-order valence-corrected chi connectivity index (χ1v) is 8.93. The van der Waals surface area contributed by atoms with E-state index in [0.717, 1.165) is 16.9 Å². The second-order valence-corrected chi connectivity index (χ2v) is 6.80. The number of carbonyl (C=O) groups excluding carboxylic acids is 1. The molecule has 0 bridgehead atoms. The van der Waals surface area contributed by atoms with Crippen LogP contribution < -0.4 is 10.6 Å². The molecule has 1 aromatic heterocycles. The van der Waals surface area contributed by atoms with Crippen molar-refractivity contribution in [2.24, 2.45) is 0 Å². The number of nitrogens with one attached hydrogen (secondary N) is 2. The molecule has 0 spiro atoms. The summed E-state index contributed by atoms with van der Waals surface area (Å²) in [6, 6.07) is 16.4. The summed E-state index contributed by atoms with van der Waals surface area (Å²) in [6.45, 7) is 3.70. The van der Waals surface area contributed by atoms with E-state index in [4.69, 9.17) is 11.6 Å². The number of aryl methyl sites for hydroxylation is 1. The average Bonchev–Trinajstić information content (AvgIpc) is 3.01. The van der Waals surface area contributed by atoms with Crippen LogP contribution in [0.5, 0.6) is 0 Å². The van der Waals surface area contributed by atoms with Gasteiger partial charge in [0.1, 0.15) is 11.9 Å². The minimum absolute atomic E-state index is 0.190. The van der Waals surface area contributed by atoms with Gasteiger partial charge in [0.05, 0.1) is 5.57 Å². The number of carbonyl (C=O) groups is 1. The summed E-state index contributed by atoms with van der Waals surface area (Å²) in [5.41, 5.74) is 2.96. The highest BCUT2D eigenvalue weighted by molar-refractivity contribution is 6.30. The molecular formula is C20H18ClN5O. The number of amides is 1. The Kier molecular flexibility index (Phi) is 4.41. The first-order chi connectivity index (χ1) is 13.0. The molecule has 136 valence electrons. The average molecular weight is 380 g/mol. The van der Waals surface area contributed by atoms with Crippen molar-refractivity contribution >= 4 is 29.1 Å². The summed E-state index contributed by atoms with van der Waals surface area (Å²) in [7, 11) is 0. The summed E-state index contributed by atoms with van der Waals surface area (Å²) in [6.07, 6.45) is 0. The van der Waals surface area contributed by atoms with Crippen LogP contribution in [0.15, 0.2) is 65.9 Å². The number of fused-ring (bicyclic) bond motifs is 1. The van der Waals surface area contributed by atoms with Crippen molar-refractivity contribution in [2.75, 3.05) is 10.6 Å². The molecule has 0 fully saturated rings. The van der Waals surface area contributed by atoms with Gasteiger partial charge in [-0.1, -0.05) is 41.9 Å². The lowest BCUT2D eigenvalue weighted by molar-refractivity contribution is -0.113. The van der Waals surface area contributed by atoms with Gasteiger partial charge in [-0.25, -0.2) is 4.68 Å². The molecule has 1 aliphatic rings. The number of rotatable bonds is 3. The Hall–Kier alpha value is -3.12. The van der Waals surface area contributed by atoms with Gasteiger partial charge in [0, 0.05) is 16.4 Å². The smallest absolute Gasteiger partial charge is 0.255 e. The van der Waals surface area contributed by atoms with Crippen molar-refractivity contribution in [1.82, 2.24) is 14.8 Å². The van der Waals surface area contributed by atoms with Crippen molar-refractivity contribution in [3.05, 3.63) is 82.3 Å². The Morgan fingerprint density at radius 3 is 2.52 bits per heavy atom. The number of hydrogen-bond donors (Lipinski definition) is 2. The largest absolute Gasteiger partial charge is 0.328 e. The highest BCUT2D eigenvalue weighted by Gasteiger charge is 2.33. The van der Waals surface area contributed by atoms with Crippen molar-refractivity contribution < 1.29 is 4.79 Å². The first kappa shape index (κ1) is 17.3. The number of anilines is 2. The van der Waals surface area contributed by atoms with Gasteiger partial charge in [0.2, 0.25) is 5.95 Å². The first-order valence-electron chi connectivity index (χ1n) is 8.56. The molecule has 7 heteroatoms. The standard InChI is InChI=1S/C20H18ClN5O/c1-12-17(19(27)24-16-6-4-3-5-7-16)18(14-8-10-15(21)11-9-14)26-20(22-12)23-13(2)25-26/h3-11,18H,1-2H3,(H,24,27)(H,22,23,25)/t18-/m1/s1. The zero-order chi connectivity index (χ0) is 19.0. The minimum atomic E-state index is -0.400. The number of halogens is 1. The van der Waals surface area contributed by atoms with Crippen LogP contribution in [0.4, 0.5) is 11.6 Å². The molecule has 2 heterocycles. The van der Waals surface area contributed by atoms with E-state index in [-0.39, 0.29) is 5.91 Å². The van der Waals surface area contributed by atoms with E-state index in [0.29, 0.717) is 22.4 Å². The number of benzene rings is 2. The van der Waals surface area contributed by atoms with E-state index in [1.54, 1.807) is 4.68 Å². The molecule has 1 aliphatic heterocycles. The van der Waals surface area contributed by atoms with Crippen molar-refractivity contribution in [2.45, 2.75) is 19.9 Å². The van der Waals surface area contributed by atoms with Gasteiger partial charge in [0.15, 0.2) is 0 Å². The zero-order valence-corrected chi connectivity index (χ0v) is 15.7. The predicted octanol–water partition coefficient (Wildman–Crippen LogP) is 4.17. The molecule has 6 nitrogen and oxygen atoms in total. The molecular weight excluding hydrogens is 362 g/mol. The fraction of sp³-hybridized carbons (Fsp3) is 0.150. The molecule has 1 amide bonds. The molecule has 0 radical (unpaired) electrons. The van der Waals surface area contributed by atoms with Gasteiger partial charge in [-0.15, -0.1) is 0 Å². The number of nitrogens with zero attached hydrogens (tertiary/aromatic N) is 3. The van der Waals surface area contributed by atoms with Crippen LogP contribution >= 0.6 is 11.6 Å². The summed E-state index contributed by atoms with van der Waals surface area (Å²) >= 11 is 6.05. The summed E-state index contributed by atoms with van der Waals surface area (Å²) in [5, 5.41) is 11.3. The van der Waals surface area contributed by atoms with E-state index in [2.05, 4.69) is 20.7 Å². The molecule has 2 aromatic carbocycles. The Balaban J connectivity index is 1.79. The third kappa shape index (κ3) is 3.31. The molecule has 0 aliphatic carbocycles. The SMILES string of the molecule is CC1=C(C(=O)Nc2ccccc2)[C@@H](c2ccc(Cl)cc2)n2nc(C)nc2N1. The highest BCUT2D eigenvalue weighted by atomic mass is 35.5. The monoisotopic (exact) mass is 379 g/mol. The van der Waals surface area contributed by atoms with Crippen molar-refractivity contribution in [3.8, 4) is 0 Å². The number of hydrogen-bond acceptors (Lipinski definition) is 4. The van der Waals surface area contributed by atoms with E-state index < -0.39 is 6.04 Å². The van der Waals surface area contributed by atoms with Crippen LogP contribution in [0.25, 0.3) is 0 Å². The minimum Gasteiger partial charge on any atom is -0.328 e. The van der Waals surface area contributed by atoms with Crippen LogP contribution in [0.3, 0.4) is 0 Å². The van der Waals surface area contributed by atoms with Crippen LogP contribution in [-0.2, 0) is 4.79 Å². The summed E-state index contributed by atoms with van der Waals surface area (Å²) in [4.78, 5) is 17.6. The van der Waals surface area contributed by atoms with E-state index in [1.165, 1.54) is 0 Å². The Bertz CT molecular complexity index is 1020. The third-order valence-corrected chi connectivity index (χ3v) is 4.67. The molecule has 0 saturated heterocycles. The Morgan fingerprint density at radius 2 is 1.81 bits per heavy atom. The summed E-state index contributed by atoms with van der Waals surface area (Å²) in [5.74, 6) is 1.06. The van der Waals surface area contributed by atoms with Gasteiger partial charge >= 0.3 is 0 Å². The number of allylic oxidation sites excluding steroid dienone is 1. The molecule has 27 heavy (non-hydrogen) atoms. The van der Waals surface area contributed by atoms with E-state index in [9.17, 15) is 4.79 Å². The molecule has 2 N–H and O–H groups in total. The lowest BCUT2D eigenvalue weighted by Crippen LogP contribution is -2.31. The van der Waals surface area contributed by atoms with Gasteiger partial charge < -0.3 is 10.6 Å². The number of para-hydroxylation sites is 1. The second-order valence-electron chi connectivity index (χ2n) is 6.37. The zero-order valence-electron chi connectivity index (χ0n) is 14.9. The van der Waals surface area contributed by atoms with Crippen LogP contribution in [0, 0.1) is 6.92 Å². The maximum absolute atomic E-state index is 13.1. The predicted molar refractivity (Wildman–Crippen MR) is 106 cm³/mol. The third-order valence-electron chi connectivity index (χ3n) is 4.42. The van der Waals surface area contributed by atoms with E-state index in [1.807, 2.05) is 68.4 Å². The molecule has 0 saturated carbocycles. The van der Waals surface area contributed by atoms with E-state index >= 15 is 0 Å². The summed E-state index contributed by atoms with van der Waals surface area (Å²) < 4.78 is 1.74. The van der Waals surface area contributed by atoms with Crippen LogP contribution in [0.1, 0.15) is 24.4 Å². The highest BCUT2D eigenvalue weighted by Crippen LogP contribution is 2.35. The molecule has 1 atom stereocenters. The molecule has 4 rings (SSSR count). The van der Waals surface area contributed by atoms with Crippen molar-refractivity contribution in [1.29, 1.82) is 0 Å². The van der Waals surface area contributed by atoms with Gasteiger partial charge in [0.25, 0.3) is 5.91 Å². The fourth-order valence-electron chi connectivity index (χ4n) is 3.23. The second kappa shape index (κ2) is 6.89. The van der Waals surface area contributed by atoms with Gasteiger partial charge in [-0.3, -0.25) is 4.79 Å².